The van der Waals surface area contributed by atoms with Gasteiger partial charge in [0.25, 0.3) is 0 Å². The van der Waals surface area contributed by atoms with Crippen molar-refractivity contribution in [2.75, 3.05) is 6.61 Å². The summed E-state index contributed by atoms with van der Waals surface area (Å²) in [6.07, 6.45) is 2.83. The third kappa shape index (κ3) is 3.70. The van der Waals surface area contributed by atoms with Crippen LogP contribution in [0, 0.1) is 0 Å². The van der Waals surface area contributed by atoms with Crippen LogP contribution in [0.2, 0.25) is 0 Å². The highest BCUT2D eigenvalue weighted by Crippen LogP contribution is 2.15. The van der Waals surface area contributed by atoms with Gasteiger partial charge in [-0.1, -0.05) is 19.1 Å². The molecule has 3 heteroatoms. The molecule has 0 fully saturated rings. The molecule has 1 rings (SSSR count). The molecule has 3 nitrogen and oxygen atoms in total. The van der Waals surface area contributed by atoms with Gasteiger partial charge in [-0.3, -0.25) is 0 Å². The van der Waals surface area contributed by atoms with E-state index in [1.165, 1.54) is 0 Å². The first-order valence-electron chi connectivity index (χ1n) is 5.95. The van der Waals surface area contributed by atoms with E-state index >= 15 is 0 Å². The molecule has 0 unspecified atom stereocenters. The largest absolute Gasteiger partial charge is 0.462 e. The molecule has 17 heavy (non-hydrogen) atoms. The molecule has 0 radical (unpaired) electrons. The van der Waals surface area contributed by atoms with Crippen molar-refractivity contribution in [3.05, 3.63) is 34.9 Å². The summed E-state index contributed by atoms with van der Waals surface area (Å²) in [6.45, 7) is 4.17. The van der Waals surface area contributed by atoms with Crippen LogP contribution in [0.1, 0.15) is 41.8 Å². The van der Waals surface area contributed by atoms with Crippen LogP contribution in [0.3, 0.4) is 0 Å². The smallest absolute Gasteiger partial charge is 0.338 e. The minimum absolute atomic E-state index is 0.280. The molecule has 0 aliphatic carbocycles. The van der Waals surface area contributed by atoms with Crippen molar-refractivity contribution in [1.29, 1.82) is 0 Å². The molecule has 0 N–H and O–H groups in total. The zero-order valence-corrected chi connectivity index (χ0v) is 10.4. The Morgan fingerprint density at radius 3 is 2.71 bits per heavy atom. The van der Waals surface area contributed by atoms with E-state index in [0.29, 0.717) is 25.0 Å². The van der Waals surface area contributed by atoms with Crippen molar-refractivity contribution in [2.45, 2.75) is 33.1 Å². The normalized spacial score (nSPS) is 10.0. The summed E-state index contributed by atoms with van der Waals surface area (Å²) in [4.78, 5) is 22.1. The van der Waals surface area contributed by atoms with E-state index in [9.17, 15) is 9.59 Å². The number of hydrogen-bond donors (Lipinski definition) is 0. The maximum absolute atomic E-state index is 11.8. The molecule has 0 heterocycles. The van der Waals surface area contributed by atoms with Gasteiger partial charge in [0.1, 0.15) is 6.29 Å². The fourth-order valence-corrected chi connectivity index (χ4v) is 1.71. The molecule has 1 aromatic carbocycles. The van der Waals surface area contributed by atoms with Gasteiger partial charge in [0.2, 0.25) is 0 Å². The van der Waals surface area contributed by atoms with Gasteiger partial charge in [-0.25, -0.2) is 4.79 Å². The quantitative estimate of drug-likeness (QED) is 0.561. The average Bonchev–Trinajstić information content (AvgIpc) is 2.36. The SMILES string of the molecule is CCOC(=O)c1cc(CCC=O)ccc1CC. The number of carbonyl (C=O) groups is 2. The van der Waals surface area contributed by atoms with Gasteiger partial charge in [-0.2, -0.15) is 0 Å². The summed E-state index contributed by atoms with van der Waals surface area (Å²) in [7, 11) is 0. The number of ether oxygens (including phenoxy) is 1. The van der Waals surface area contributed by atoms with E-state index in [-0.39, 0.29) is 5.97 Å². The highest BCUT2D eigenvalue weighted by Gasteiger charge is 2.12. The molecular formula is C14H18O3. The zero-order chi connectivity index (χ0) is 12.7. The highest BCUT2D eigenvalue weighted by atomic mass is 16.5. The summed E-state index contributed by atoms with van der Waals surface area (Å²) in [5.41, 5.74) is 2.61. The molecule has 0 atom stereocenters. The summed E-state index contributed by atoms with van der Waals surface area (Å²) in [5, 5.41) is 0. The fraction of sp³-hybridized carbons (Fsp3) is 0.429. The van der Waals surface area contributed by atoms with Crippen LogP contribution in [0.5, 0.6) is 0 Å². The lowest BCUT2D eigenvalue weighted by molar-refractivity contribution is -0.107. The Labute approximate surface area is 102 Å². The Balaban J connectivity index is 2.97. The lowest BCUT2D eigenvalue weighted by Crippen LogP contribution is -2.08. The maximum atomic E-state index is 11.8. The molecule has 0 spiro atoms. The van der Waals surface area contributed by atoms with E-state index in [2.05, 4.69) is 0 Å². The monoisotopic (exact) mass is 234 g/mol. The number of aryl methyl sites for hydroxylation is 2. The van der Waals surface area contributed by atoms with E-state index < -0.39 is 0 Å². The number of hydrogen-bond acceptors (Lipinski definition) is 3. The van der Waals surface area contributed by atoms with Crippen LogP contribution >= 0.6 is 0 Å². The van der Waals surface area contributed by atoms with Crippen LogP contribution in [0.25, 0.3) is 0 Å². The molecule has 0 saturated carbocycles. The predicted octanol–water partition coefficient (Wildman–Crippen LogP) is 2.56. The molecule has 92 valence electrons. The fourth-order valence-electron chi connectivity index (χ4n) is 1.71. The molecule has 0 bridgehead atoms. The number of rotatable bonds is 6. The van der Waals surface area contributed by atoms with Gasteiger partial charge in [-0.15, -0.1) is 0 Å². The van der Waals surface area contributed by atoms with Gasteiger partial charge in [-0.05, 0) is 37.0 Å². The lowest BCUT2D eigenvalue weighted by atomic mass is 10.00. The Kier molecular flexibility index (Phi) is 5.40. The number of benzene rings is 1. The van der Waals surface area contributed by atoms with Crippen LogP contribution in [0.15, 0.2) is 18.2 Å². The van der Waals surface area contributed by atoms with Gasteiger partial charge in [0, 0.05) is 6.42 Å². The zero-order valence-electron chi connectivity index (χ0n) is 10.4. The number of esters is 1. The van der Waals surface area contributed by atoms with Crippen LogP contribution in [0.4, 0.5) is 0 Å². The Hall–Kier alpha value is -1.64. The molecular weight excluding hydrogens is 216 g/mol. The first-order valence-corrected chi connectivity index (χ1v) is 5.95. The third-order valence-electron chi connectivity index (χ3n) is 2.60. The molecule has 1 aromatic rings. The third-order valence-corrected chi connectivity index (χ3v) is 2.60. The minimum atomic E-state index is -0.280. The van der Waals surface area contributed by atoms with Crippen LogP contribution in [-0.4, -0.2) is 18.9 Å². The van der Waals surface area contributed by atoms with Gasteiger partial charge in [0.05, 0.1) is 12.2 Å². The van der Waals surface area contributed by atoms with E-state index in [1.54, 1.807) is 6.92 Å². The number of aldehydes is 1. The van der Waals surface area contributed by atoms with Crippen molar-refractivity contribution < 1.29 is 14.3 Å². The standard InChI is InChI=1S/C14H18O3/c1-3-12-8-7-11(6-5-9-15)10-13(12)14(16)17-4-2/h7-10H,3-6H2,1-2H3. The lowest BCUT2D eigenvalue weighted by Gasteiger charge is -2.09. The van der Waals surface area contributed by atoms with E-state index in [4.69, 9.17) is 4.74 Å². The van der Waals surface area contributed by atoms with Gasteiger partial charge >= 0.3 is 5.97 Å². The Morgan fingerprint density at radius 1 is 1.35 bits per heavy atom. The summed E-state index contributed by atoms with van der Waals surface area (Å²) < 4.78 is 5.02. The first kappa shape index (κ1) is 13.4. The van der Waals surface area contributed by atoms with E-state index in [0.717, 1.165) is 23.8 Å². The molecule has 0 aromatic heterocycles. The second-order valence-corrected chi connectivity index (χ2v) is 3.77. The molecule has 0 aliphatic heterocycles. The van der Waals surface area contributed by atoms with Crippen molar-refractivity contribution in [3.63, 3.8) is 0 Å². The molecule has 0 saturated heterocycles. The summed E-state index contributed by atoms with van der Waals surface area (Å²) in [5.74, 6) is -0.280. The van der Waals surface area contributed by atoms with E-state index in [1.807, 2.05) is 25.1 Å². The second kappa shape index (κ2) is 6.84. The van der Waals surface area contributed by atoms with Crippen molar-refractivity contribution in [2.24, 2.45) is 0 Å². The number of carbonyl (C=O) groups excluding carboxylic acids is 2. The Morgan fingerprint density at radius 2 is 2.12 bits per heavy atom. The summed E-state index contributed by atoms with van der Waals surface area (Å²) in [6, 6.07) is 5.73. The van der Waals surface area contributed by atoms with Gasteiger partial charge < -0.3 is 9.53 Å². The van der Waals surface area contributed by atoms with Crippen LogP contribution in [-0.2, 0) is 22.4 Å². The summed E-state index contributed by atoms with van der Waals surface area (Å²) >= 11 is 0. The van der Waals surface area contributed by atoms with Crippen molar-refractivity contribution >= 4 is 12.3 Å². The second-order valence-electron chi connectivity index (χ2n) is 3.77. The highest BCUT2D eigenvalue weighted by molar-refractivity contribution is 5.91. The molecule has 0 amide bonds. The predicted molar refractivity (Wildman–Crippen MR) is 66.2 cm³/mol. The molecule has 0 aliphatic rings. The topological polar surface area (TPSA) is 43.4 Å². The van der Waals surface area contributed by atoms with Crippen LogP contribution < -0.4 is 0 Å². The maximum Gasteiger partial charge on any atom is 0.338 e. The average molecular weight is 234 g/mol. The first-order chi connectivity index (χ1) is 8.22. The van der Waals surface area contributed by atoms with Crippen molar-refractivity contribution in [3.8, 4) is 0 Å². The van der Waals surface area contributed by atoms with Crippen molar-refractivity contribution in [1.82, 2.24) is 0 Å². The van der Waals surface area contributed by atoms with Gasteiger partial charge in [0.15, 0.2) is 0 Å². The Bertz CT molecular complexity index is 396. The minimum Gasteiger partial charge on any atom is -0.462 e.